The van der Waals surface area contributed by atoms with E-state index in [1.54, 1.807) is 19.2 Å². The van der Waals surface area contributed by atoms with Gasteiger partial charge in [-0.05, 0) is 66.4 Å². The molecule has 0 aliphatic heterocycles. The molecule has 0 saturated heterocycles. The molecule has 2 nitrogen and oxygen atoms in total. The maximum Gasteiger partial charge on any atom is 0.150 e. The molecule has 0 heterocycles. The van der Waals surface area contributed by atoms with Gasteiger partial charge in [0.25, 0.3) is 0 Å². The lowest BCUT2D eigenvalue weighted by atomic mass is 9.94. The van der Waals surface area contributed by atoms with Gasteiger partial charge in [0.2, 0.25) is 0 Å². The number of hydrogen-bond donors (Lipinski definition) is 0. The van der Waals surface area contributed by atoms with Crippen molar-refractivity contribution in [2.24, 2.45) is 0 Å². The van der Waals surface area contributed by atoms with E-state index in [0.29, 0.717) is 5.56 Å². The average molecular weight is 275 g/mol. The Hall–Kier alpha value is -1.80. The number of aryl methyl sites for hydroxylation is 2. The molecule has 0 aliphatic rings. The molecule has 98 valence electrons. The molecule has 0 aromatic heterocycles. The fourth-order valence-corrected chi connectivity index (χ4v) is 2.29. The van der Waals surface area contributed by atoms with Crippen LogP contribution in [0.15, 0.2) is 30.3 Å². The van der Waals surface area contributed by atoms with Crippen LogP contribution < -0.4 is 4.74 Å². The summed E-state index contributed by atoms with van der Waals surface area (Å²) in [5, 5.41) is 0.733. The number of hydrogen-bond acceptors (Lipinski definition) is 2. The first-order valence-corrected chi connectivity index (χ1v) is 6.35. The lowest BCUT2D eigenvalue weighted by Crippen LogP contribution is -1.93. The monoisotopic (exact) mass is 274 g/mol. The second-order valence-corrected chi connectivity index (χ2v) is 4.89. The molecule has 0 unspecified atom stereocenters. The van der Waals surface area contributed by atoms with Crippen LogP contribution in [0.3, 0.4) is 0 Å². The van der Waals surface area contributed by atoms with E-state index in [2.05, 4.69) is 0 Å². The van der Waals surface area contributed by atoms with Crippen molar-refractivity contribution in [3.8, 4) is 16.9 Å². The molecule has 2 aromatic rings. The van der Waals surface area contributed by atoms with Crippen molar-refractivity contribution in [2.45, 2.75) is 13.8 Å². The van der Waals surface area contributed by atoms with Gasteiger partial charge in [0, 0.05) is 10.6 Å². The van der Waals surface area contributed by atoms with Gasteiger partial charge in [0.05, 0.1) is 7.11 Å². The van der Waals surface area contributed by atoms with E-state index >= 15 is 0 Å². The SMILES string of the molecule is COc1ccc(C=O)c(-c2cc(C)c(Cl)cc2C)c1. The van der Waals surface area contributed by atoms with E-state index < -0.39 is 0 Å². The van der Waals surface area contributed by atoms with Crippen molar-refractivity contribution in [3.05, 3.63) is 52.0 Å². The maximum absolute atomic E-state index is 11.2. The highest BCUT2D eigenvalue weighted by Crippen LogP contribution is 2.32. The van der Waals surface area contributed by atoms with Gasteiger partial charge in [-0.15, -0.1) is 0 Å². The highest BCUT2D eigenvalue weighted by atomic mass is 35.5. The van der Waals surface area contributed by atoms with Gasteiger partial charge >= 0.3 is 0 Å². The Labute approximate surface area is 118 Å². The predicted molar refractivity (Wildman–Crippen MR) is 78.3 cm³/mol. The smallest absolute Gasteiger partial charge is 0.150 e. The molecule has 0 radical (unpaired) electrons. The second kappa shape index (κ2) is 5.45. The van der Waals surface area contributed by atoms with Gasteiger partial charge < -0.3 is 4.74 Å². The highest BCUT2D eigenvalue weighted by molar-refractivity contribution is 6.31. The highest BCUT2D eigenvalue weighted by Gasteiger charge is 2.11. The van der Waals surface area contributed by atoms with Crippen molar-refractivity contribution in [1.82, 2.24) is 0 Å². The quantitative estimate of drug-likeness (QED) is 0.773. The number of rotatable bonds is 3. The van der Waals surface area contributed by atoms with E-state index in [-0.39, 0.29) is 0 Å². The zero-order valence-corrected chi connectivity index (χ0v) is 11.9. The molecular formula is C16H15ClO2. The number of carbonyl (C=O) groups excluding carboxylic acids is 1. The number of ether oxygens (including phenoxy) is 1. The van der Waals surface area contributed by atoms with Crippen LogP contribution >= 0.6 is 11.6 Å². The van der Waals surface area contributed by atoms with E-state index in [4.69, 9.17) is 16.3 Å². The summed E-state index contributed by atoms with van der Waals surface area (Å²) in [4.78, 5) is 11.2. The zero-order valence-electron chi connectivity index (χ0n) is 11.2. The Kier molecular flexibility index (Phi) is 3.91. The summed E-state index contributed by atoms with van der Waals surface area (Å²) >= 11 is 6.11. The first-order valence-electron chi connectivity index (χ1n) is 5.97. The fraction of sp³-hybridized carbons (Fsp3) is 0.188. The van der Waals surface area contributed by atoms with E-state index in [1.807, 2.05) is 32.0 Å². The van der Waals surface area contributed by atoms with Gasteiger partial charge in [0.15, 0.2) is 6.29 Å². The summed E-state index contributed by atoms with van der Waals surface area (Å²) in [6, 6.07) is 9.34. The first-order chi connectivity index (χ1) is 9.06. The molecule has 0 aliphatic carbocycles. The molecule has 0 spiro atoms. The normalized spacial score (nSPS) is 10.3. The number of halogens is 1. The predicted octanol–water partition coefficient (Wildman–Crippen LogP) is 4.44. The molecular weight excluding hydrogens is 260 g/mol. The Morgan fingerprint density at radius 3 is 2.42 bits per heavy atom. The summed E-state index contributed by atoms with van der Waals surface area (Å²) in [5.74, 6) is 0.729. The maximum atomic E-state index is 11.2. The summed E-state index contributed by atoms with van der Waals surface area (Å²) < 4.78 is 5.23. The molecule has 2 rings (SSSR count). The van der Waals surface area contributed by atoms with Crippen molar-refractivity contribution in [2.75, 3.05) is 7.11 Å². The zero-order chi connectivity index (χ0) is 14.0. The lowest BCUT2D eigenvalue weighted by Gasteiger charge is -2.12. The summed E-state index contributed by atoms with van der Waals surface area (Å²) in [6.07, 6.45) is 0.859. The van der Waals surface area contributed by atoms with E-state index in [9.17, 15) is 4.79 Å². The van der Waals surface area contributed by atoms with E-state index in [0.717, 1.165) is 39.3 Å². The Balaban J connectivity index is 2.69. The largest absolute Gasteiger partial charge is 0.497 e. The number of aldehydes is 1. The van der Waals surface area contributed by atoms with E-state index in [1.165, 1.54) is 0 Å². The van der Waals surface area contributed by atoms with Gasteiger partial charge in [-0.25, -0.2) is 0 Å². The molecule has 19 heavy (non-hydrogen) atoms. The van der Waals surface area contributed by atoms with Crippen LogP contribution in [0.4, 0.5) is 0 Å². The second-order valence-electron chi connectivity index (χ2n) is 4.49. The van der Waals surface area contributed by atoms with Gasteiger partial charge in [-0.2, -0.15) is 0 Å². The molecule has 0 bridgehead atoms. The molecule has 3 heteroatoms. The van der Waals surface area contributed by atoms with Crippen LogP contribution in [0.1, 0.15) is 21.5 Å². The standard InChI is InChI=1S/C16H15ClO2/c1-10-7-16(17)11(2)6-14(10)15-8-13(19-3)5-4-12(15)9-18/h4-9H,1-3H3. The molecule has 0 amide bonds. The van der Waals surface area contributed by atoms with Crippen molar-refractivity contribution < 1.29 is 9.53 Å². The minimum atomic E-state index is 0.644. The number of carbonyl (C=O) groups is 1. The number of methoxy groups -OCH3 is 1. The Morgan fingerprint density at radius 1 is 1.05 bits per heavy atom. The minimum absolute atomic E-state index is 0.644. The molecule has 0 N–H and O–H groups in total. The third kappa shape index (κ3) is 2.64. The fourth-order valence-electron chi connectivity index (χ4n) is 2.07. The minimum Gasteiger partial charge on any atom is -0.497 e. The molecule has 0 atom stereocenters. The first kappa shape index (κ1) is 13.6. The Morgan fingerprint density at radius 2 is 1.79 bits per heavy atom. The van der Waals surface area contributed by atoms with Crippen molar-refractivity contribution >= 4 is 17.9 Å². The topological polar surface area (TPSA) is 26.3 Å². The van der Waals surface area contributed by atoms with Crippen LogP contribution in [0, 0.1) is 13.8 Å². The summed E-state index contributed by atoms with van der Waals surface area (Å²) in [5.41, 5.74) is 4.54. The van der Waals surface area contributed by atoms with Crippen LogP contribution in [-0.2, 0) is 0 Å². The lowest BCUT2D eigenvalue weighted by molar-refractivity contribution is 0.112. The van der Waals surface area contributed by atoms with Gasteiger partial charge in [0.1, 0.15) is 5.75 Å². The van der Waals surface area contributed by atoms with Crippen molar-refractivity contribution in [3.63, 3.8) is 0 Å². The van der Waals surface area contributed by atoms with Crippen molar-refractivity contribution in [1.29, 1.82) is 0 Å². The third-order valence-corrected chi connectivity index (χ3v) is 3.59. The summed E-state index contributed by atoms with van der Waals surface area (Å²) in [7, 11) is 1.61. The van der Waals surface area contributed by atoms with Crippen LogP contribution in [0.2, 0.25) is 5.02 Å². The number of benzene rings is 2. The van der Waals surface area contributed by atoms with Gasteiger partial charge in [-0.3, -0.25) is 4.79 Å². The molecule has 0 saturated carbocycles. The molecule has 2 aromatic carbocycles. The van der Waals surface area contributed by atoms with Gasteiger partial charge in [-0.1, -0.05) is 11.6 Å². The Bertz CT molecular complexity index is 633. The average Bonchev–Trinajstić information content (AvgIpc) is 2.42. The van der Waals surface area contributed by atoms with Crippen LogP contribution in [0.25, 0.3) is 11.1 Å². The summed E-state index contributed by atoms with van der Waals surface area (Å²) in [6.45, 7) is 3.93. The third-order valence-electron chi connectivity index (χ3n) is 3.18. The van der Waals surface area contributed by atoms with Crippen LogP contribution in [0.5, 0.6) is 5.75 Å². The van der Waals surface area contributed by atoms with Crippen LogP contribution in [-0.4, -0.2) is 13.4 Å². The molecule has 0 fully saturated rings.